The molecule has 0 aliphatic heterocycles. The van der Waals surface area contributed by atoms with Crippen molar-refractivity contribution in [2.75, 3.05) is 6.26 Å². The van der Waals surface area contributed by atoms with E-state index in [9.17, 15) is 10.2 Å². The highest BCUT2D eigenvalue weighted by Crippen LogP contribution is 2.31. The van der Waals surface area contributed by atoms with Crippen molar-refractivity contribution in [1.82, 2.24) is 5.32 Å². The highest BCUT2D eigenvalue weighted by Gasteiger charge is 2.25. The number of benzene rings is 1. The van der Waals surface area contributed by atoms with E-state index in [2.05, 4.69) is 18.5 Å². The second-order valence-corrected chi connectivity index (χ2v) is 6.18. The number of nitrogens with one attached hydrogen (secondary N) is 1. The van der Waals surface area contributed by atoms with Crippen LogP contribution in [0.2, 0.25) is 0 Å². The van der Waals surface area contributed by atoms with Crippen LogP contribution in [0.4, 0.5) is 0 Å². The van der Waals surface area contributed by atoms with Gasteiger partial charge in [0.15, 0.2) is 0 Å². The molecule has 3 unspecified atom stereocenters. The molecule has 1 saturated carbocycles. The molecule has 3 nitrogen and oxygen atoms in total. The highest BCUT2D eigenvalue weighted by molar-refractivity contribution is 7.99. The van der Waals surface area contributed by atoms with Gasteiger partial charge in [0, 0.05) is 23.4 Å². The first-order valence-electron chi connectivity index (χ1n) is 6.40. The summed E-state index contributed by atoms with van der Waals surface area (Å²) in [6.45, 7) is 2.07. The van der Waals surface area contributed by atoms with E-state index in [0.717, 1.165) is 10.8 Å². The molecule has 0 heterocycles. The van der Waals surface area contributed by atoms with Gasteiger partial charge in [-0.1, -0.05) is 0 Å². The van der Waals surface area contributed by atoms with Crippen LogP contribution in [0.15, 0.2) is 18.2 Å². The van der Waals surface area contributed by atoms with E-state index in [0.29, 0.717) is 6.04 Å². The molecule has 3 N–H and O–H groups in total. The van der Waals surface area contributed by atoms with Gasteiger partial charge in [-0.3, -0.25) is 0 Å². The van der Waals surface area contributed by atoms with Crippen molar-refractivity contribution in [1.29, 1.82) is 0 Å². The van der Waals surface area contributed by atoms with Crippen LogP contribution in [0.3, 0.4) is 0 Å². The van der Waals surface area contributed by atoms with Gasteiger partial charge in [0.2, 0.25) is 0 Å². The highest BCUT2D eigenvalue weighted by atomic mass is 32.2. The van der Waals surface area contributed by atoms with Crippen molar-refractivity contribution in [3.8, 4) is 11.5 Å². The van der Waals surface area contributed by atoms with Gasteiger partial charge < -0.3 is 15.5 Å². The third-order valence-electron chi connectivity index (χ3n) is 3.63. The number of rotatable bonds is 4. The fourth-order valence-corrected chi connectivity index (χ4v) is 3.42. The quantitative estimate of drug-likeness (QED) is 0.785. The van der Waals surface area contributed by atoms with Crippen LogP contribution in [0, 0.1) is 0 Å². The maximum Gasteiger partial charge on any atom is 0.119 e. The largest absolute Gasteiger partial charge is 0.508 e. The Kier molecular flexibility index (Phi) is 4.40. The van der Waals surface area contributed by atoms with Crippen LogP contribution in [-0.4, -0.2) is 27.8 Å². The zero-order chi connectivity index (χ0) is 13.1. The third-order valence-corrected chi connectivity index (χ3v) is 4.72. The van der Waals surface area contributed by atoms with Gasteiger partial charge in [-0.25, -0.2) is 0 Å². The van der Waals surface area contributed by atoms with Crippen molar-refractivity contribution < 1.29 is 10.2 Å². The number of phenols is 2. The molecule has 0 aromatic heterocycles. The summed E-state index contributed by atoms with van der Waals surface area (Å²) in [5.41, 5.74) is 0.931. The normalized spacial score (nSPS) is 25.2. The first kappa shape index (κ1) is 13.6. The molecule has 18 heavy (non-hydrogen) atoms. The molecular formula is C14H21NO2S. The molecule has 0 saturated heterocycles. The van der Waals surface area contributed by atoms with Crippen LogP contribution in [0.1, 0.15) is 37.8 Å². The van der Waals surface area contributed by atoms with Crippen molar-refractivity contribution in [3.05, 3.63) is 23.8 Å². The Bertz CT molecular complexity index is 391. The van der Waals surface area contributed by atoms with Crippen LogP contribution < -0.4 is 5.32 Å². The molecule has 1 aliphatic rings. The minimum atomic E-state index is 0.118. The van der Waals surface area contributed by atoms with Crippen LogP contribution in [0.25, 0.3) is 0 Å². The van der Waals surface area contributed by atoms with Crippen LogP contribution in [-0.2, 0) is 0 Å². The molecular weight excluding hydrogens is 246 g/mol. The first-order valence-corrected chi connectivity index (χ1v) is 7.69. The minimum absolute atomic E-state index is 0.118. The van der Waals surface area contributed by atoms with Crippen LogP contribution >= 0.6 is 11.8 Å². The first-order chi connectivity index (χ1) is 8.58. The zero-order valence-electron chi connectivity index (χ0n) is 10.9. The Morgan fingerprint density at radius 2 is 1.89 bits per heavy atom. The number of thioether (sulfide) groups is 1. The smallest absolute Gasteiger partial charge is 0.119 e. The Hall–Kier alpha value is -0.870. The fraction of sp³-hybridized carbons (Fsp3) is 0.571. The zero-order valence-corrected chi connectivity index (χ0v) is 11.7. The van der Waals surface area contributed by atoms with E-state index < -0.39 is 0 Å². The van der Waals surface area contributed by atoms with E-state index in [-0.39, 0.29) is 17.5 Å². The molecule has 0 amide bonds. The summed E-state index contributed by atoms with van der Waals surface area (Å²) >= 11 is 1.94. The third kappa shape index (κ3) is 3.33. The van der Waals surface area contributed by atoms with Gasteiger partial charge in [-0.05, 0) is 50.1 Å². The van der Waals surface area contributed by atoms with Gasteiger partial charge in [-0.2, -0.15) is 11.8 Å². The number of aromatic hydroxyl groups is 2. The summed E-state index contributed by atoms with van der Waals surface area (Å²) in [5, 5.41) is 23.3. The number of phenolic OH excluding ortho intramolecular Hbond substituents is 2. The van der Waals surface area contributed by atoms with Gasteiger partial charge in [0.05, 0.1) is 0 Å². The molecule has 1 aromatic rings. The Balaban J connectivity index is 1.97. The Labute approximate surface area is 113 Å². The predicted octanol–water partition coefficient (Wildman–Crippen LogP) is 3.03. The van der Waals surface area contributed by atoms with Gasteiger partial charge in [0.1, 0.15) is 11.5 Å². The summed E-state index contributed by atoms with van der Waals surface area (Å²) in [6, 6.07) is 5.46. The predicted molar refractivity (Wildman–Crippen MR) is 76.3 cm³/mol. The molecule has 0 spiro atoms. The van der Waals surface area contributed by atoms with E-state index in [4.69, 9.17) is 0 Å². The van der Waals surface area contributed by atoms with E-state index in [1.807, 2.05) is 11.8 Å². The second kappa shape index (κ2) is 5.85. The number of hydrogen-bond acceptors (Lipinski definition) is 4. The van der Waals surface area contributed by atoms with Crippen molar-refractivity contribution >= 4 is 11.8 Å². The molecule has 100 valence electrons. The summed E-state index contributed by atoms with van der Waals surface area (Å²) in [6.07, 6.45) is 5.86. The maximum atomic E-state index is 9.49. The molecule has 1 aromatic carbocycles. The fourth-order valence-electron chi connectivity index (χ4n) is 2.62. The van der Waals surface area contributed by atoms with Gasteiger partial charge >= 0.3 is 0 Å². The van der Waals surface area contributed by atoms with Gasteiger partial charge in [0.25, 0.3) is 0 Å². The van der Waals surface area contributed by atoms with Crippen molar-refractivity contribution in [2.45, 2.75) is 43.5 Å². The Morgan fingerprint density at radius 3 is 2.44 bits per heavy atom. The topological polar surface area (TPSA) is 52.5 Å². The van der Waals surface area contributed by atoms with E-state index >= 15 is 0 Å². The minimum Gasteiger partial charge on any atom is -0.508 e. The monoisotopic (exact) mass is 267 g/mol. The molecule has 0 bridgehead atoms. The summed E-state index contributed by atoms with van der Waals surface area (Å²) in [5.74, 6) is 0.235. The summed E-state index contributed by atoms with van der Waals surface area (Å²) < 4.78 is 0. The molecule has 0 radical (unpaired) electrons. The molecule has 4 heteroatoms. The lowest BCUT2D eigenvalue weighted by atomic mass is 10.1. The molecule has 2 rings (SSSR count). The summed E-state index contributed by atoms with van der Waals surface area (Å²) in [4.78, 5) is 0. The molecule has 1 fully saturated rings. The van der Waals surface area contributed by atoms with Crippen LogP contribution in [0.5, 0.6) is 11.5 Å². The average Bonchev–Trinajstić information content (AvgIpc) is 2.75. The standard InChI is InChI=1S/C14H21NO2S/c1-9(10-5-12(16)8-13(17)6-10)15-11-3-4-14(7-11)18-2/h5-6,8-9,11,14-17H,3-4,7H2,1-2H3. The maximum absolute atomic E-state index is 9.49. The van der Waals surface area contributed by atoms with Gasteiger partial charge in [-0.15, -0.1) is 0 Å². The SMILES string of the molecule is CSC1CCC(NC(C)c2cc(O)cc(O)c2)C1. The van der Waals surface area contributed by atoms with E-state index in [1.165, 1.54) is 25.3 Å². The van der Waals surface area contributed by atoms with E-state index in [1.54, 1.807) is 12.1 Å². The average molecular weight is 267 g/mol. The lowest BCUT2D eigenvalue weighted by molar-refractivity contribution is 0.436. The Morgan fingerprint density at radius 1 is 1.22 bits per heavy atom. The summed E-state index contributed by atoms with van der Waals surface area (Å²) in [7, 11) is 0. The molecule has 1 aliphatic carbocycles. The second-order valence-electron chi connectivity index (χ2n) is 5.04. The van der Waals surface area contributed by atoms with Crippen molar-refractivity contribution in [2.24, 2.45) is 0 Å². The molecule has 3 atom stereocenters. The lowest BCUT2D eigenvalue weighted by Gasteiger charge is -2.20. The van der Waals surface area contributed by atoms with Crippen molar-refractivity contribution in [3.63, 3.8) is 0 Å². The lowest BCUT2D eigenvalue weighted by Crippen LogP contribution is -2.29. The number of hydrogen-bond donors (Lipinski definition) is 3.